The predicted molar refractivity (Wildman–Crippen MR) is 82.9 cm³/mol. The Hall–Kier alpha value is -0.450. The molecule has 0 aromatic carbocycles. The average molecular weight is 287 g/mol. The van der Waals surface area contributed by atoms with Gasteiger partial charge in [0.1, 0.15) is 5.78 Å². The van der Waals surface area contributed by atoms with E-state index in [2.05, 4.69) is 5.32 Å². The molecule has 0 rings (SSSR count). The third-order valence-corrected chi connectivity index (χ3v) is 3.23. The highest BCUT2D eigenvalue weighted by molar-refractivity contribution is 5.78. The second kappa shape index (κ2) is 14.9. The minimum absolute atomic E-state index is 0.0957. The molecular weight excluding hydrogens is 254 g/mol. The maximum atomic E-state index is 11.7. The topological polar surface area (TPSA) is 47.6 Å². The molecule has 0 aliphatic rings. The van der Waals surface area contributed by atoms with Crippen LogP contribution in [0.2, 0.25) is 0 Å². The minimum atomic E-state index is -0.0957. The van der Waals surface area contributed by atoms with Gasteiger partial charge in [0.05, 0.1) is 0 Å². The molecule has 0 fully saturated rings. The molecule has 0 saturated heterocycles. The van der Waals surface area contributed by atoms with Crippen molar-refractivity contribution in [3.8, 4) is 0 Å². The van der Waals surface area contributed by atoms with Crippen molar-refractivity contribution in [3.63, 3.8) is 0 Å². The molecule has 0 aliphatic heterocycles. The number of carbonyl (C=O) groups is 1. The van der Waals surface area contributed by atoms with E-state index in [0.29, 0.717) is 25.4 Å². The fraction of sp³-hybridized carbons (Fsp3) is 0.938. The van der Waals surface area contributed by atoms with Gasteiger partial charge in [-0.25, -0.2) is 0 Å². The van der Waals surface area contributed by atoms with Gasteiger partial charge >= 0.3 is 0 Å². The molecule has 20 heavy (non-hydrogen) atoms. The van der Waals surface area contributed by atoms with Crippen LogP contribution in [0.5, 0.6) is 0 Å². The van der Waals surface area contributed by atoms with Crippen LogP contribution < -0.4 is 5.32 Å². The van der Waals surface area contributed by atoms with Gasteiger partial charge in [0.2, 0.25) is 0 Å². The smallest absolute Gasteiger partial charge is 0.157 e. The van der Waals surface area contributed by atoms with E-state index in [1.54, 1.807) is 0 Å². The summed E-state index contributed by atoms with van der Waals surface area (Å²) in [5, 5.41) is 3.12. The lowest BCUT2D eigenvalue weighted by molar-refractivity contribution is -0.140. The van der Waals surface area contributed by atoms with Crippen molar-refractivity contribution in [2.75, 3.05) is 26.8 Å². The van der Waals surface area contributed by atoms with Gasteiger partial charge in [-0.15, -0.1) is 0 Å². The van der Waals surface area contributed by atoms with Gasteiger partial charge in [0, 0.05) is 26.1 Å². The first-order chi connectivity index (χ1) is 9.74. The highest BCUT2D eigenvalue weighted by Gasteiger charge is 2.08. The number of rotatable bonds is 15. The van der Waals surface area contributed by atoms with E-state index < -0.39 is 0 Å². The first kappa shape index (κ1) is 19.6. The summed E-state index contributed by atoms with van der Waals surface area (Å²) < 4.78 is 11.0. The molecule has 0 heterocycles. The second-order valence-corrected chi connectivity index (χ2v) is 5.04. The van der Waals surface area contributed by atoms with Gasteiger partial charge in [0.25, 0.3) is 0 Å². The first-order valence-electron chi connectivity index (χ1n) is 8.14. The molecule has 0 aliphatic carbocycles. The van der Waals surface area contributed by atoms with Gasteiger partial charge in [-0.1, -0.05) is 6.42 Å². The van der Waals surface area contributed by atoms with E-state index in [-0.39, 0.29) is 6.29 Å². The highest BCUT2D eigenvalue weighted by Crippen LogP contribution is 2.10. The maximum absolute atomic E-state index is 11.7. The molecule has 0 saturated carbocycles. The zero-order valence-corrected chi connectivity index (χ0v) is 13.6. The molecule has 4 heteroatoms. The highest BCUT2D eigenvalue weighted by atomic mass is 16.7. The molecule has 0 atom stereocenters. The van der Waals surface area contributed by atoms with E-state index in [1.165, 1.54) is 0 Å². The van der Waals surface area contributed by atoms with Crippen LogP contribution in [0, 0.1) is 0 Å². The van der Waals surface area contributed by atoms with E-state index in [4.69, 9.17) is 9.47 Å². The van der Waals surface area contributed by atoms with Crippen molar-refractivity contribution < 1.29 is 14.3 Å². The van der Waals surface area contributed by atoms with Crippen molar-refractivity contribution in [3.05, 3.63) is 0 Å². The summed E-state index contributed by atoms with van der Waals surface area (Å²) in [6.07, 6.45) is 7.51. The Labute approximate surface area is 124 Å². The van der Waals surface area contributed by atoms with E-state index in [1.807, 2.05) is 20.9 Å². The molecular formula is C16H33NO3. The molecule has 0 unspecified atom stereocenters. The monoisotopic (exact) mass is 287 g/mol. The Morgan fingerprint density at radius 1 is 0.950 bits per heavy atom. The Balaban J connectivity index is 3.45. The number of ketones is 1. The van der Waals surface area contributed by atoms with Crippen LogP contribution in [0.1, 0.15) is 65.2 Å². The van der Waals surface area contributed by atoms with Gasteiger partial charge in [-0.3, -0.25) is 4.79 Å². The Morgan fingerprint density at radius 2 is 1.55 bits per heavy atom. The number of ether oxygens (including phenoxy) is 2. The summed E-state index contributed by atoms with van der Waals surface area (Å²) in [6, 6.07) is 0. The predicted octanol–water partition coefficient (Wildman–Crippen LogP) is 3.29. The van der Waals surface area contributed by atoms with Crippen molar-refractivity contribution in [2.24, 2.45) is 0 Å². The summed E-state index contributed by atoms with van der Waals surface area (Å²) in [5.74, 6) is 0.402. The molecule has 1 N–H and O–H groups in total. The van der Waals surface area contributed by atoms with Crippen LogP contribution in [-0.2, 0) is 14.3 Å². The summed E-state index contributed by atoms with van der Waals surface area (Å²) in [4.78, 5) is 11.7. The number of Topliss-reactive ketones (excluding diaryl/α,β-unsaturated/α-hetero) is 1. The van der Waals surface area contributed by atoms with E-state index >= 15 is 0 Å². The van der Waals surface area contributed by atoms with Crippen LogP contribution in [0.3, 0.4) is 0 Å². The minimum Gasteiger partial charge on any atom is -0.353 e. The third-order valence-electron chi connectivity index (χ3n) is 3.23. The fourth-order valence-electron chi connectivity index (χ4n) is 2.15. The molecule has 0 spiro atoms. The lowest BCUT2D eigenvalue weighted by Gasteiger charge is -2.16. The van der Waals surface area contributed by atoms with Gasteiger partial charge in [0.15, 0.2) is 6.29 Å². The maximum Gasteiger partial charge on any atom is 0.157 e. The summed E-state index contributed by atoms with van der Waals surface area (Å²) in [5.41, 5.74) is 0. The van der Waals surface area contributed by atoms with Gasteiger partial charge in [-0.2, -0.15) is 0 Å². The third kappa shape index (κ3) is 12.6. The lowest BCUT2D eigenvalue weighted by Crippen LogP contribution is -2.17. The number of unbranched alkanes of at least 4 members (excludes halogenated alkanes) is 3. The zero-order valence-electron chi connectivity index (χ0n) is 13.6. The molecule has 0 radical (unpaired) electrons. The standard InChI is InChI=1S/C16H33NO3/c1-4-19-16(20-5-2)13-9-8-12-15(18)11-7-6-10-14-17-3/h16-17H,4-14H2,1-3H3. The lowest BCUT2D eigenvalue weighted by atomic mass is 10.1. The fourth-order valence-corrected chi connectivity index (χ4v) is 2.15. The molecule has 0 bridgehead atoms. The Morgan fingerprint density at radius 3 is 2.10 bits per heavy atom. The number of carbonyl (C=O) groups excluding carboxylic acids is 1. The second-order valence-electron chi connectivity index (χ2n) is 5.04. The van der Waals surface area contributed by atoms with Crippen LogP contribution in [0.25, 0.3) is 0 Å². The van der Waals surface area contributed by atoms with Crippen LogP contribution >= 0.6 is 0 Å². The van der Waals surface area contributed by atoms with Gasteiger partial charge < -0.3 is 14.8 Å². The SMILES string of the molecule is CCOC(CCCCC(=O)CCCCCNC)OCC. The summed E-state index contributed by atoms with van der Waals surface area (Å²) in [6.45, 7) is 6.35. The Bertz CT molecular complexity index is 216. The van der Waals surface area contributed by atoms with Crippen LogP contribution in [0.15, 0.2) is 0 Å². The largest absolute Gasteiger partial charge is 0.353 e. The van der Waals surface area contributed by atoms with E-state index in [9.17, 15) is 4.79 Å². The average Bonchev–Trinajstić information content (AvgIpc) is 2.43. The van der Waals surface area contributed by atoms with Crippen molar-refractivity contribution >= 4 is 5.78 Å². The van der Waals surface area contributed by atoms with E-state index in [0.717, 1.165) is 51.5 Å². The quantitative estimate of drug-likeness (QED) is 0.371. The van der Waals surface area contributed by atoms with Crippen LogP contribution in [-0.4, -0.2) is 38.9 Å². The van der Waals surface area contributed by atoms with Crippen molar-refractivity contribution in [2.45, 2.75) is 71.5 Å². The summed E-state index contributed by atoms with van der Waals surface area (Å²) in [7, 11) is 1.96. The Kier molecular flexibility index (Phi) is 14.6. The molecule has 4 nitrogen and oxygen atoms in total. The van der Waals surface area contributed by atoms with Crippen molar-refractivity contribution in [1.82, 2.24) is 5.32 Å². The van der Waals surface area contributed by atoms with Gasteiger partial charge in [-0.05, 0) is 59.5 Å². The number of nitrogens with one attached hydrogen (secondary N) is 1. The normalized spacial score (nSPS) is 11.2. The molecule has 0 aromatic rings. The van der Waals surface area contributed by atoms with Crippen molar-refractivity contribution in [1.29, 1.82) is 0 Å². The number of hydrogen-bond donors (Lipinski definition) is 1. The first-order valence-corrected chi connectivity index (χ1v) is 8.14. The molecule has 0 aromatic heterocycles. The molecule has 120 valence electrons. The molecule has 0 amide bonds. The number of hydrogen-bond acceptors (Lipinski definition) is 4. The summed E-state index contributed by atoms with van der Waals surface area (Å²) >= 11 is 0. The zero-order chi connectivity index (χ0) is 15.1. The van der Waals surface area contributed by atoms with Crippen LogP contribution in [0.4, 0.5) is 0 Å².